The van der Waals surface area contributed by atoms with E-state index in [-0.39, 0.29) is 10.3 Å². The second-order valence-corrected chi connectivity index (χ2v) is 9.84. The van der Waals surface area contributed by atoms with Crippen LogP contribution >= 0.6 is 0 Å². The summed E-state index contributed by atoms with van der Waals surface area (Å²) in [4.78, 5) is 5.09. The molecule has 1 atom stereocenters. The highest BCUT2D eigenvalue weighted by molar-refractivity contribution is 7.91. The monoisotopic (exact) mass is 467 g/mol. The second-order valence-electron chi connectivity index (χ2n) is 7.56. The number of ether oxygens (including phenoxy) is 2. The van der Waals surface area contributed by atoms with Crippen molar-refractivity contribution in [2.45, 2.75) is 18.7 Å². The zero-order valence-electron chi connectivity index (χ0n) is 18.9. The number of methoxy groups -OCH3 is 1. The molecule has 0 saturated carbocycles. The van der Waals surface area contributed by atoms with E-state index in [2.05, 4.69) is 0 Å². The summed E-state index contributed by atoms with van der Waals surface area (Å²) < 4.78 is 35.9. The van der Waals surface area contributed by atoms with Gasteiger partial charge in [0.1, 0.15) is 12.3 Å². The van der Waals surface area contributed by atoms with Gasteiger partial charge in [0, 0.05) is 30.3 Å². The van der Waals surface area contributed by atoms with Gasteiger partial charge in [0.05, 0.1) is 24.0 Å². The van der Waals surface area contributed by atoms with Gasteiger partial charge in [0.2, 0.25) is 0 Å². The molecule has 2 aromatic rings. The predicted molar refractivity (Wildman–Crippen MR) is 131 cm³/mol. The molecule has 0 aliphatic carbocycles. The number of benzene rings is 2. The zero-order chi connectivity index (χ0) is 23.6. The number of rotatable bonds is 8. The van der Waals surface area contributed by atoms with Crippen LogP contribution in [-0.2, 0) is 9.84 Å². The Balaban J connectivity index is 1.85. The van der Waals surface area contributed by atoms with Gasteiger partial charge in [-0.15, -0.1) is 0 Å². The molecule has 0 spiro atoms. The lowest BCUT2D eigenvalue weighted by Crippen LogP contribution is -2.46. The minimum atomic E-state index is -3.29. The molecule has 0 bridgehead atoms. The summed E-state index contributed by atoms with van der Waals surface area (Å²) >= 11 is 0. The molecule has 0 radical (unpaired) electrons. The summed E-state index contributed by atoms with van der Waals surface area (Å²) in [5.74, 6) is 1.93. The Morgan fingerprint density at radius 3 is 2.52 bits per heavy atom. The number of quaternary nitrogens is 1. The van der Waals surface area contributed by atoms with E-state index < -0.39 is 9.84 Å². The molecule has 2 N–H and O–H groups in total. The summed E-state index contributed by atoms with van der Waals surface area (Å²) in [7, 11) is -1.71. The number of hydrogen-bond acceptors (Lipinski definition) is 7. The number of allylic oxidation sites excluding steroid dienone is 2. The van der Waals surface area contributed by atoms with Crippen LogP contribution in [0.2, 0.25) is 0 Å². The van der Waals surface area contributed by atoms with E-state index in [4.69, 9.17) is 25.3 Å². The van der Waals surface area contributed by atoms with E-state index in [0.717, 1.165) is 28.5 Å². The Bertz CT molecular complexity index is 1290. The molecule has 2 heterocycles. The first-order valence-electron chi connectivity index (χ1n) is 10.6. The molecule has 1 unspecified atom stereocenters. The third kappa shape index (κ3) is 3.88. The number of fused-ring (bicyclic) bond motifs is 1. The van der Waals surface area contributed by atoms with Gasteiger partial charge >= 0.3 is 0 Å². The number of hydrogen-bond donors (Lipinski definition) is 1. The maximum atomic E-state index is 12.3. The van der Waals surface area contributed by atoms with Gasteiger partial charge in [-0.05, 0) is 43.3 Å². The van der Waals surface area contributed by atoms with E-state index in [0.29, 0.717) is 29.5 Å². The Morgan fingerprint density at radius 2 is 1.85 bits per heavy atom. The molecule has 8 nitrogen and oxygen atoms in total. The van der Waals surface area contributed by atoms with Gasteiger partial charge in [0.15, 0.2) is 32.7 Å². The SMILES string of the molecule is CCS(=O)(=O)c1ccc(C2=C(C)N=C3C=CC=N[N+]32c2ccc(OCCN)c(OC)c2)cc1. The van der Waals surface area contributed by atoms with Crippen molar-refractivity contribution in [2.75, 3.05) is 26.0 Å². The molecule has 2 aromatic carbocycles. The fourth-order valence-electron chi connectivity index (χ4n) is 4.03. The van der Waals surface area contributed by atoms with E-state index in [1.165, 1.54) is 0 Å². The lowest BCUT2D eigenvalue weighted by atomic mass is 10.1. The third-order valence-electron chi connectivity index (χ3n) is 5.61. The first-order valence-corrected chi connectivity index (χ1v) is 12.3. The topological polar surface area (TPSA) is 103 Å². The van der Waals surface area contributed by atoms with Crippen LogP contribution in [0.4, 0.5) is 5.69 Å². The van der Waals surface area contributed by atoms with E-state index >= 15 is 0 Å². The number of nitrogens with zero attached hydrogens (tertiary/aromatic N) is 3. The van der Waals surface area contributed by atoms with Gasteiger partial charge in [0.25, 0.3) is 5.84 Å². The first kappa shape index (κ1) is 22.9. The summed E-state index contributed by atoms with van der Waals surface area (Å²) in [6, 6.07) is 12.5. The Morgan fingerprint density at radius 1 is 1.09 bits per heavy atom. The molecular weight excluding hydrogens is 440 g/mol. The second kappa shape index (κ2) is 8.93. The van der Waals surface area contributed by atoms with Crippen molar-refractivity contribution in [3.63, 3.8) is 0 Å². The normalized spacial score (nSPS) is 19.5. The van der Waals surface area contributed by atoms with Crippen LogP contribution < -0.4 is 19.8 Å². The molecule has 4 rings (SSSR count). The van der Waals surface area contributed by atoms with Crippen LogP contribution in [0.15, 0.2) is 75.3 Å². The first-order chi connectivity index (χ1) is 15.9. The Labute approximate surface area is 193 Å². The minimum Gasteiger partial charge on any atom is -0.493 e. The number of sulfone groups is 1. The zero-order valence-corrected chi connectivity index (χ0v) is 19.7. The van der Waals surface area contributed by atoms with Crippen LogP contribution in [0.1, 0.15) is 19.4 Å². The van der Waals surface area contributed by atoms with E-state index in [1.807, 2.05) is 49.4 Å². The smallest absolute Gasteiger partial charge is 0.265 e. The number of aliphatic imine (C=N–C) groups is 1. The van der Waals surface area contributed by atoms with Crippen molar-refractivity contribution < 1.29 is 17.9 Å². The van der Waals surface area contributed by atoms with Gasteiger partial charge in [-0.25, -0.2) is 8.42 Å². The van der Waals surface area contributed by atoms with E-state index in [9.17, 15) is 8.42 Å². The maximum absolute atomic E-state index is 12.3. The van der Waals surface area contributed by atoms with Crippen molar-refractivity contribution in [2.24, 2.45) is 15.8 Å². The van der Waals surface area contributed by atoms with Gasteiger partial charge < -0.3 is 15.2 Å². The highest BCUT2D eigenvalue weighted by atomic mass is 32.2. The number of amidine groups is 1. The fraction of sp³-hybridized carbons (Fsp3) is 0.250. The van der Waals surface area contributed by atoms with Crippen LogP contribution in [-0.4, -0.2) is 46.5 Å². The average molecular weight is 468 g/mol. The molecule has 0 amide bonds. The molecule has 0 saturated heterocycles. The predicted octanol–water partition coefficient (Wildman–Crippen LogP) is 3.49. The van der Waals surface area contributed by atoms with Crippen molar-refractivity contribution in [1.29, 1.82) is 0 Å². The lowest BCUT2D eigenvalue weighted by molar-refractivity contribution is 0.302. The fourth-order valence-corrected chi connectivity index (χ4v) is 4.92. The highest BCUT2D eigenvalue weighted by Crippen LogP contribution is 2.46. The van der Waals surface area contributed by atoms with Crippen LogP contribution in [0.3, 0.4) is 0 Å². The molecule has 9 heteroatoms. The van der Waals surface area contributed by atoms with Crippen LogP contribution in [0.5, 0.6) is 11.5 Å². The Kier molecular flexibility index (Phi) is 6.20. The van der Waals surface area contributed by atoms with Crippen LogP contribution in [0.25, 0.3) is 5.70 Å². The molecular formula is C24H27N4O4S+. The maximum Gasteiger partial charge on any atom is 0.265 e. The van der Waals surface area contributed by atoms with Gasteiger partial charge in [-0.1, -0.05) is 16.6 Å². The largest absolute Gasteiger partial charge is 0.493 e. The molecule has 0 fully saturated rings. The summed E-state index contributed by atoms with van der Waals surface area (Å²) in [6.45, 7) is 4.33. The van der Waals surface area contributed by atoms with Crippen LogP contribution in [0, 0.1) is 0 Å². The van der Waals surface area contributed by atoms with Crippen molar-refractivity contribution in [3.8, 4) is 11.5 Å². The molecule has 33 heavy (non-hydrogen) atoms. The molecule has 172 valence electrons. The summed E-state index contributed by atoms with van der Waals surface area (Å²) in [6.07, 6.45) is 5.50. The Hall–Kier alpha value is -3.27. The molecule has 2 aliphatic heterocycles. The third-order valence-corrected chi connectivity index (χ3v) is 7.37. The van der Waals surface area contributed by atoms with Gasteiger partial charge in [-0.3, -0.25) is 0 Å². The highest BCUT2D eigenvalue weighted by Gasteiger charge is 2.49. The average Bonchev–Trinajstić information content (AvgIpc) is 3.15. The minimum absolute atomic E-state index is 0.00966. The van der Waals surface area contributed by atoms with E-state index in [1.54, 1.807) is 32.4 Å². The summed E-state index contributed by atoms with van der Waals surface area (Å²) in [5, 5.41) is 4.86. The van der Waals surface area contributed by atoms with Crippen molar-refractivity contribution >= 4 is 33.3 Å². The van der Waals surface area contributed by atoms with Crippen molar-refractivity contribution in [1.82, 2.24) is 4.59 Å². The quantitative estimate of drug-likeness (QED) is 0.599. The summed E-state index contributed by atoms with van der Waals surface area (Å²) in [5.41, 5.74) is 8.84. The lowest BCUT2D eigenvalue weighted by Gasteiger charge is -2.30. The molecule has 2 aliphatic rings. The van der Waals surface area contributed by atoms with Crippen molar-refractivity contribution in [3.05, 3.63) is 65.9 Å². The standard InChI is InChI=1S/C24H27N4O4S/c1-4-33(29,30)20-10-7-18(8-11-20)24-17(2)27-23-6-5-14-26-28(23,24)19-9-12-21(32-15-13-25)22(16-19)31-3/h5-12,14,16H,4,13,15,25H2,1-3H3/q+1. The van der Waals surface area contributed by atoms with Gasteiger partial charge in [-0.2, -0.15) is 4.99 Å². The molecule has 0 aromatic heterocycles. The number of nitrogens with two attached hydrogens (primary N) is 1.